The SMILES string of the molecule is CCN1CCN(CCC(=O)NC2=CC3Nc4cc(NC(=O)CCN5CCN(CC)CC5)ccc4C(=O)C3C=C2)CC1. The van der Waals surface area contributed by atoms with E-state index < -0.39 is 0 Å². The second-order valence-corrected chi connectivity index (χ2v) is 11.4. The zero-order valence-electron chi connectivity index (χ0n) is 24.5. The molecule has 3 aliphatic heterocycles. The first kappa shape index (κ1) is 29.4. The number of carbonyl (C=O) groups excluding carboxylic acids is 3. The first-order valence-electron chi connectivity index (χ1n) is 15.3. The summed E-state index contributed by atoms with van der Waals surface area (Å²) in [6.45, 7) is 16.2. The van der Waals surface area contributed by atoms with Gasteiger partial charge in [0.15, 0.2) is 5.78 Å². The largest absolute Gasteiger partial charge is 0.377 e. The maximum Gasteiger partial charge on any atom is 0.225 e. The van der Waals surface area contributed by atoms with Crippen molar-refractivity contribution in [3.8, 4) is 0 Å². The molecule has 1 aromatic carbocycles. The first-order chi connectivity index (χ1) is 19.9. The van der Waals surface area contributed by atoms with Gasteiger partial charge in [-0.25, -0.2) is 0 Å². The van der Waals surface area contributed by atoms with Crippen molar-refractivity contribution in [2.45, 2.75) is 32.7 Å². The van der Waals surface area contributed by atoms with Crippen LogP contribution in [0, 0.1) is 5.92 Å². The number of rotatable bonds is 10. The average molecular weight is 564 g/mol. The molecule has 4 aliphatic rings. The van der Waals surface area contributed by atoms with E-state index in [1.807, 2.05) is 24.3 Å². The highest BCUT2D eigenvalue weighted by atomic mass is 16.2. The Morgan fingerprint density at radius 3 is 1.98 bits per heavy atom. The lowest BCUT2D eigenvalue weighted by atomic mass is 9.83. The topological polar surface area (TPSA) is 100 Å². The Balaban J connectivity index is 1.12. The standard InChI is InChI=1S/C31H45N7O3/c1-3-35-13-17-37(18-14-35)11-9-29(39)32-23-5-7-25-27(21-23)34-28-22-24(6-8-26(28)31(25)41)33-30(40)10-12-38-19-15-36(4-2)16-20-38/h5-8,21-22,25,27,34H,3-4,9-20H2,1-2H3,(H,32,39)(H,33,40). The summed E-state index contributed by atoms with van der Waals surface area (Å²) in [6.07, 6.45) is 6.51. The fourth-order valence-corrected chi connectivity index (χ4v) is 6.08. The van der Waals surface area contributed by atoms with Gasteiger partial charge >= 0.3 is 0 Å². The van der Waals surface area contributed by atoms with Crippen molar-refractivity contribution >= 4 is 29.0 Å². The van der Waals surface area contributed by atoms with Crippen LogP contribution in [0.25, 0.3) is 0 Å². The molecule has 0 aromatic heterocycles. The van der Waals surface area contributed by atoms with Gasteiger partial charge in [-0.15, -0.1) is 0 Å². The number of anilines is 2. The number of Topliss-reactive ketones (excluding diaryl/α,β-unsaturated/α-hetero) is 1. The fraction of sp³-hybridized carbons (Fsp3) is 0.581. The number of amides is 2. The van der Waals surface area contributed by atoms with Crippen LogP contribution in [0.2, 0.25) is 0 Å². The molecule has 2 unspecified atom stereocenters. The average Bonchev–Trinajstić information content (AvgIpc) is 2.99. The lowest BCUT2D eigenvalue weighted by molar-refractivity contribution is -0.120. The zero-order chi connectivity index (χ0) is 28.8. The number of benzene rings is 1. The van der Waals surface area contributed by atoms with Crippen LogP contribution in [0.5, 0.6) is 0 Å². The van der Waals surface area contributed by atoms with Crippen molar-refractivity contribution in [3.63, 3.8) is 0 Å². The van der Waals surface area contributed by atoms with Gasteiger partial charge in [-0.05, 0) is 43.4 Å². The van der Waals surface area contributed by atoms with E-state index in [2.05, 4.69) is 49.4 Å². The number of likely N-dealkylation sites (N-methyl/N-ethyl adjacent to an activating group) is 2. The van der Waals surface area contributed by atoms with E-state index in [0.717, 1.165) is 78.5 Å². The van der Waals surface area contributed by atoms with Crippen LogP contribution in [-0.2, 0) is 9.59 Å². The molecule has 2 atom stereocenters. The lowest BCUT2D eigenvalue weighted by Crippen LogP contribution is -2.47. The van der Waals surface area contributed by atoms with E-state index in [4.69, 9.17) is 0 Å². The number of piperazine rings is 2. The highest BCUT2D eigenvalue weighted by Crippen LogP contribution is 2.34. The van der Waals surface area contributed by atoms with Gasteiger partial charge in [-0.2, -0.15) is 0 Å². The van der Waals surface area contributed by atoms with Crippen molar-refractivity contribution < 1.29 is 14.4 Å². The third-order valence-electron chi connectivity index (χ3n) is 8.84. The third kappa shape index (κ3) is 7.62. The van der Waals surface area contributed by atoms with Crippen molar-refractivity contribution in [2.24, 2.45) is 5.92 Å². The van der Waals surface area contributed by atoms with Gasteiger partial charge in [0, 0.05) is 101 Å². The van der Waals surface area contributed by atoms with Gasteiger partial charge in [0.2, 0.25) is 11.8 Å². The van der Waals surface area contributed by atoms with Crippen LogP contribution >= 0.6 is 0 Å². The zero-order valence-corrected chi connectivity index (χ0v) is 24.5. The molecular formula is C31H45N7O3. The van der Waals surface area contributed by atoms with E-state index in [9.17, 15) is 14.4 Å². The fourth-order valence-electron chi connectivity index (χ4n) is 6.08. The van der Waals surface area contributed by atoms with Crippen molar-refractivity contribution in [3.05, 3.63) is 47.7 Å². The van der Waals surface area contributed by atoms with E-state index in [1.165, 1.54) is 0 Å². The molecule has 41 heavy (non-hydrogen) atoms. The Bertz CT molecular complexity index is 1170. The Kier molecular flexibility index (Phi) is 9.87. The van der Waals surface area contributed by atoms with Crippen LogP contribution < -0.4 is 16.0 Å². The van der Waals surface area contributed by atoms with Crippen LogP contribution in [-0.4, -0.2) is 122 Å². The van der Waals surface area contributed by atoms with E-state index in [-0.39, 0.29) is 29.6 Å². The predicted molar refractivity (Wildman–Crippen MR) is 162 cm³/mol. The van der Waals surface area contributed by atoms with Crippen LogP contribution in [0.4, 0.5) is 11.4 Å². The summed E-state index contributed by atoms with van der Waals surface area (Å²) in [4.78, 5) is 48.1. The van der Waals surface area contributed by atoms with Crippen molar-refractivity contribution in [1.82, 2.24) is 24.9 Å². The molecule has 2 saturated heterocycles. The van der Waals surface area contributed by atoms with Gasteiger partial charge in [0.05, 0.1) is 12.0 Å². The quantitative estimate of drug-likeness (QED) is 0.397. The molecule has 3 N–H and O–H groups in total. The number of hydrogen-bond donors (Lipinski definition) is 3. The van der Waals surface area contributed by atoms with E-state index in [0.29, 0.717) is 35.5 Å². The van der Waals surface area contributed by atoms with Crippen LogP contribution in [0.15, 0.2) is 42.1 Å². The molecule has 2 fully saturated rings. The summed E-state index contributed by atoms with van der Waals surface area (Å²) in [5, 5.41) is 9.47. The predicted octanol–water partition coefficient (Wildman–Crippen LogP) is 1.84. The Morgan fingerprint density at radius 1 is 0.829 bits per heavy atom. The number of carbonyl (C=O) groups is 3. The number of hydrogen-bond acceptors (Lipinski definition) is 8. The molecule has 0 bridgehead atoms. The lowest BCUT2D eigenvalue weighted by Gasteiger charge is -2.34. The summed E-state index contributed by atoms with van der Waals surface area (Å²) in [6, 6.07) is 5.16. The molecule has 1 aromatic rings. The van der Waals surface area contributed by atoms with Crippen molar-refractivity contribution in [2.75, 3.05) is 89.2 Å². The number of allylic oxidation sites excluding steroid dienone is 1. The minimum atomic E-state index is -0.327. The monoisotopic (exact) mass is 563 g/mol. The van der Waals surface area contributed by atoms with Gasteiger partial charge < -0.3 is 35.6 Å². The first-order valence-corrected chi connectivity index (χ1v) is 15.3. The normalized spacial score (nSPS) is 23.8. The molecule has 5 rings (SSSR count). The summed E-state index contributed by atoms with van der Waals surface area (Å²) in [7, 11) is 0. The van der Waals surface area contributed by atoms with E-state index >= 15 is 0 Å². The third-order valence-corrected chi connectivity index (χ3v) is 8.84. The van der Waals surface area contributed by atoms with Gasteiger partial charge in [0.25, 0.3) is 0 Å². The number of ketones is 1. The minimum absolute atomic E-state index is 0.0166. The summed E-state index contributed by atoms with van der Waals surface area (Å²) < 4.78 is 0. The van der Waals surface area contributed by atoms with Crippen LogP contribution in [0.3, 0.4) is 0 Å². The molecule has 10 heteroatoms. The highest BCUT2D eigenvalue weighted by molar-refractivity contribution is 6.07. The van der Waals surface area contributed by atoms with Crippen LogP contribution in [0.1, 0.15) is 37.0 Å². The molecule has 2 amide bonds. The number of nitrogens with one attached hydrogen (secondary N) is 3. The summed E-state index contributed by atoms with van der Waals surface area (Å²) in [5.74, 6) is -0.332. The van der Waals surface area contributed by atoms with Crippen molar-refractivity contribution in [1.29, 1.82) is 0 Å². The molecule has 3 heterocycles. The smallest absolute Gasteiger partial charge is 0.225 e. The molecule has 222 valence electrons. The second kappa shape index (κ2) is 13.7. The maximum atomic E-state index is 13.2. The Hall–Kier alpha value is -3.05. The highest BCUT2D eigenvalue weighted by Gasteiger charge is 2.34. The molecule has 10 nitrogen and oxygen atoms in total. The molecular weight excluding hydrogens is 518 g/mol. The maximum absolute atomic E-state index is 13.2. The summed E-state index contributed by atoms with van der Waals surface area (Å²) >= 11 is 0. The molecule has 0 saturated carbocycles. The molecule has 0 spiro atoms. The summed E-state index contributed by atoms with van der Waals surface area (Å²) in [5.41, 5.74) is 2.70. The van der Waals surface area contributed by atoms with E-state index in [1.54, 1.807) is 12.1 Å². The molecule has 1 aliphatic carbocycles. The van der Waals surface area contributed by atoms with Gasteiger partial charge in [-0.3, -0.25) is 14.4 Å². The second-order valence-electron chi connectivity index (χ2n) is 11.4. The Morgan fingerprint density at radius 2 is 1.39 bits per heavy atom. The molecule has 0 radical (unpaired) electrons. The van der Waals surface area contributed by atoms with Gasteiger partial charge in [-0.1, -0.05) is 19.9 Å². The van der Waals surface area contributed by atoms with Gasteiger partial charge in [0.1, 0.15) is 0 Å². The minimum Gasteiger partial charge on any atom is -0.377 e. The Labute approximate surface area is 243 Å². The number of nitrogens with zero attached hydrogens (tertiary/aromatic N) is 4. The number of fused-ring (bicyclic) bond motifs is 2.